The van der Waals surface area contributed by atoms with Gasteiger partial charge in [0.1, 0.15) is 0 Å². The molecule has 0 aliphatic heterocycles. The van der Waals surface area contributed by atoms with E-state index in [0.717, 1.165) is 18.2 Å². The van der Waals surface area contributed by atoms with E-state index in [-0.39, 0.29) is 5.56 Å². The number of carboxylic acids is 1. The Kier molecular flexibility index (Phi) is 5.26. The minimum absolute atomic E-state index is 0.239. The van der Waals surface area contributed by atoms with Gasteiger partial charge in [-0.1, -0.05) is 24.3 Å². The van der Waals surface area contributed by atoms with E-state index < -0.39 is 17.7 Å². The molecule has 0 saturated heterocycles. The number of aryl methyl sites for hydroxylation is 1. The first-order valence-corrected chi connectivity index (χ1v) is 7.14. The minimum atomic E-state index is -4.44. The smallest absolute Gasteiger partial charge is 0.416 e. The van der Waals surface area contributed by atoms with Gasteiger partial charge in [0, 0.05) is 25.4 Å². The number of halogens is 3. The molecule has 0 unspecified atom stereocenters. The normalized spacial score (nSPS) is 12.6. The Bertz CT molecular complexity index is 891. The molecule has 0 amide bonds. The molecule has 0 radical (unpaired) electrons. The number of aromatic nitrogens is 1. The number of hydrogen-bond acceptors (Lipinski definition) is 2. The maximum atomic E-state index is 12.7. The van der Waals surface area contributed by atoms with Gasteiger partial charge in [-0.15, -0.1) is 0 Å². The third-order valence-electron chi connectivity index (χ3n) is 3.42. The Balaban J connectivity index is 2.53. The van der Waals surface area contributed by atoms with Gasteiger partial charge in [0.15, 0.2) is 0 Å². The second-order valence-corrected chi connectivity index (χ2v) is 5.22. The van der Waals surface area contributed by atoms with Gasteiger partial charge in [0.05, 0.1) is 5.56 Å². The molecule has 2 aromatic rings. The molecule has 1 N–H and O–H groups in total. The van der Waals surface area contributed by atoms with Crippen LogP contribution < -0.4 is 5.56 Å². The standard InChI is InChI=1S/C18H14F3NO3/c1-22-11-13(7-10-16(22)23)15(3-2-4-17(24)25)12-5-8-14(9-6-12)18(19,20)21/h2-11H,1H3,(H,24,25). The molecule has 1 aromatic heterocycles. The van der Waals surface area contributed by atoms with E-state index in [4.69, 9.17) is 5.11 Å². The molecule has 2 rings (SSSR count). The first-order chi connectivity index (χ1) is 11.7. The quantitative estimate of drug-likeness (QED) is 0.679. The van der Waals surface area contributed by atoms with E-state index in [9.17, 15) is 22.8 Å². The average Bonchev–Trinajstić information content (AvgIpc) is 2.53. The van der Waals surface area contributed by atoms with Gasteiger partial charge in [-0.3, -0.25) is 4.79 Å². The number of carboxylic acid groups (broad SMARTS) is 1. The zero-order valence-corrected chi connectivity index (χ0v) is 13.1. The summed E-state index contributed by atoms with van der Waals surface area (Å²) in [5.74, 6) is -1.15. The maximum Gasteiger partial charge on any atom is 0.416 e. The van der Waals surface area contributed by atoms with Gasteiger partial charge in [0.25, 0.3) is 0 Å². The molecule has 0 fully saturated rings. The van der Waals surface area contributed by atoms with Gasteiger partial charge in [-0.25, -0.2) is 4.79 Å². The van der Waals surface area contributed by atoms with E-state index >= 15 is 0 Å². The van der Waals surface area contributed by atoms with Crippen molar-refractivity contribution in [2.45, 2.75) is 6.18 Å². The van der Waals surface area contributed by atoms with Crippen molar-refractivity contribution >= 4 is 11.5 Å². The molecule has 0 aliphatic rings. The second-order valence-electron chi connectivity index (χ2n) is 5.22. The van der Waals surface area contributed by atoms with Crippen LogP contribution in [-0.2, 0) is 18.0 Å². The minimum Gasteiger partial charge on any atom is -0.478 e. The third kappa shape index (κ3) is 4.69. The van der Waals surface area contributed by atoms with Crippen LogP contribution in [0.5, 0.6) is 0 Å². The molecule has 0 atom stereocenters. The molecule has 25 heavy (non-hydrogen) atoms. The second kappa shape index (κ2) is 7.21. The SMILES string of the molecule is Cn1cc(C(=CC=CC(=O)O)c2ccc(C(F)(F)F)cc2)ccc1=O. The first kappa shape index (κ1) is 18.3. The summed E-state index contributed by atoms with van der Waals surface area (Å²) in [6, 6.07) is 7.36. The van der Waals surface area contributed by atoms with E-state index in [2.05, 4.69) is 0 Å². The van der Waals surface area contributed by atoms with Crippen molar-refractivity contribution in [3.05, 3.63) is 87.9 Å². The fourth-order valence-electron chi connectivity index (χ4n) is 2.18. The summed E-state index contributed by atoms with van der Waals surface area (Å²) in [4.78, 5) is 22.1. The number of pyridine rings is 1. The number of carbonyl (C=O) groups is 1. The van der Waals surface area contributed by atoms with Crippen LogP contribution in [-0.4, -0.2) is 15.6 Å². The molecular weight excluding hydrogens is 335 g/mol. The van der Waals surface area contributed by atoms with Crippen molar-refractivity contribution in [2.75, 3.05) is 0 Å². The maximum absolute atomic E-state index is 12.7. The highest BCUT2D eigenvalue weighted by Crippen LogP contribution is 2.31. The van der Waals surface area contributed by atoms with Crippen LogP contribution >= 0.6 is 0 Å². The Hall–Kier alpha value is -3.09. The molecular formula is C18H14F3NO3. The Morgan fingerprint density at radius 1 is 1.08 bits per heavy atom. The zero-order chi connectivity index (χ0) is 18.6. The zero-order valence-electron chi connectivity index (χ0n) is 13.1. The molecule has 0 aliphatic carbocycles. The fourth-order valence-corrected chi connectivity index (χ4v) is 2.18. The summed E-state index contributed by atoms with van der Waals surface area (Å²) in [5, 5.41) is 8.69. The molecule has 1 heterocycles. The van der Waals surface area contributed by atoms with E-state index in [1.807, 2.05) is 0 Å². The Labute approximate surface area is 141 Å². The van der Waals surface area contributed by atoms with Crippen LogP contribution in [0.15, 0.2) is 65.6 Å². The number of alkyl halides is 3. The first-order valence-electron chi connectivity index (χ1n) is 7.14. The predicted molar refractivity (Wildman–Crippen MR) is 87.0 cm³/mol. The molecule has 4 nitrogen and oxygen atoms in total. The highest BCUT2D eigenvalue weighted by molar-refractivity contribution is 5.83. The van der Waals surface area contributed by atoms with Crippen molar-refractivity contribution in [3.63, 3.8) is 0 Å². The van der Waals surface area contributed by atoms with Crippen LogP contribution in [0.3, 0.4) is 0 Å². The summed E-state index contributed by atoms with van der Waals surface area (Å²) >= 11 is 0. The largest absolute Gasteiger partial charge is 0.478 e. The van der Waals surface area contributed by atoms with E-state index in [1.165, 1.54) is 47.2 Å². The summed E-state index contributed by atoms with van der Waals surface area (Å²) in [6.45, 7) is 0. The van der Waals surface area contributed by atoms with Gasteiger partial charge in [-0.2, -0.15) is 13.2 Å². The number of rotatable bonds is 4. The van der Waals surface area contributed by atoms with Crippen LogP contribution in [0.25, 0.3) is 5.57 Å². The van der Waals surface area contributed by atoms with Crippen molar-refractivity contribution in [2.24, 2.45) is 7.05 Å². The lowest BCUT2D eigenvalue weighted by Crippen LogP contribution is -2.14. The van der Waals surface area contributed by atoms with E-state index in [0.29, 0.717) is 16.7 Å². The molecule has 0 bridgehead atoms. The Morgan fingerprint density at radius 2 is 1.68 bits per heavy atom. The van der Waals surface area contributed by atoms with Crippen LogP contribution in [0.4, 0.5) is 13.2 Å². The molecule has 1 aromatic carbocycles. The average molecular weight is 349 g/mol. The molecule has 7 heteroatoms. The molecule has 130 valence electrons. The number of aliphatic carboxylic acids is 1. The number of allylic oxidation sites excluding steroid dienone is 2. The summed E-state index contributed by atoms with van der Waals surface area (Å²) < 4.78 is 39.4. The fraction of sp³-hybridized carbons (Fsp3) is 0.111. The lowest BCUT2D eigenvalue weighted by atomic mass is 9.97. The molecule has 0 spiro atoms. The summed E-state index contributed by atoms with van der Waals surface area (Å²) in [6.07, 6.45) is 0.742. The summed E-state index contributed by atoms with van der Waals surface area (Å²) in [7, 11) is 1.54. The van der Waals surface area contributed by atoms with Crippen LogP contribution in [0, 0.1) is 0 Å². The van der Waals surface area contributed by atoms with Crippen molar-refractivity contribution < 1.29 is 23.1 Å². The van der Waals surface area contributed by atoms with Crippen molar-refractivity contribution in [1.82, 2.24) is 4.57 Å². The van der Waals surface area contributed by atoms with Gasteiger partial charge in [0.2, 0.25) is 5.56 Å². The predicted octanol–water partition coefficient (Wildman–Crippen LogP) is 3.48. The van der Waals surface area contributed by atoms with Crippen LogP contribution in [0.2, 0.25) is 0 Å². The highest BCUT2D eigenvalue weighted by Gasteiger charge is 2.30. The molecule has 0 saturated carbocycles. The van der Waals surface area contributed by atoms with E-state index in [1.54, 1.807) is 7.05 Å². The highest BCUT2D eigenvalue weighted by atomic mass is 19.4. The number of hydrogen-bond donors (Lipinski definition) is 1. The van der Waals surface area contributed by atoms with Crippen molar-refractivity contribution in [3.8, 4) is 0 Å². The van der Waals surface area contributed by atoms with Gasteiger partial charge in [-0.05, 0) is 34.9 Å². The van der Waals surface area contributed by atoms with Crippen LogP contribution in [0.1, 0.15) is 16.7 Å². The Morgan fingerprint density at radius 3 is 2.20 bits per heavy atom. The number of nitrogens with zero attached hydrogens (tertiary/aromatic N) is 1. The number of benzene rings is 1. The topological polar surface area (TPSA) is 59.3 Å². The van der Waals surface area contributed by atoms with Crippen molar-refractivity contribution in [1.29, 1.82) is 0 Å². The lowest BCUT2D eigenvalue weighted by Gasteiger charge is -2.11. The lowest BCUT2D eigenvalue weighted by molar-refractivity contribution is -0.137. The van der Waals surface area contributed by atoms with Gasteiger partial charge >= 0.3 is 12.1 Å². The third-order valence-corrected chi connectivity index (χ3v) is 3.42. The summed E-state index contributed by atoms with van der Waals surface area (Å²) in [5.41, 5.74) is 0.495. The monoisotopic (exact) mass is 349 g/mol. The van der Waals surface area contributed by atoms with Gasteiger partial charge < -0.3 is 9.67 Å².